The molecule has 0 bridgehead atoms. The Bertz CT molecular complexity index is 727. The van der Waals surface area contributed by atoms with Crippen LogP contribution in [0, 0.1) is 0 Å². The SMILES string of the molecule is COc1ccc(OC(C)C(=O)N2CCN(Cc3ccc(Br)s3)CC2)cc1. The van der Waals surface area contributed by atoms with Gasteiger partial charge in [-0.1, -0.05) is 0 Å². The van der Waals surface area contributed by atoms with Gasteiger partial charge < -0.3 is 14.4 Å². The van der Waals surface area contributed by atoms with Gasteiger partial charge in [0.25, 0.3) is 5.91 Å². The summed E-state index contributed by atoms with van der Waals surface area (Å²) in [4.78, 5) is 18.3. The van der Waals surface area contributed by atoms with Crippen molar-refractivity contribution >= 4 is 33.2 Å². The van der Waals surface area contributed by atoms with Crippen LogP contribution in [0.25, 0.3) is 0 Å². The van der Waals surface area contributed by atoms with Gasteiger partial charge in [-0.05, 0) is 59.3 Å². The molecule has 3 rings (SSSR count). The van der Waals surface area contributed by atoms with Crippen LogP contribution in [0.5, 0.6) is 11.5 Å². The second-order valence-corrected chi connectivity index (χ2v) is 8.79. The summed E-state index contributed by atoms with van der Waals surface area (Å²) in [6.45, 7) is 5.99. The van der Waals surface area contributed by atoms with Crippen molar-refractivity contribution in [2.24, 2.45) is 0 Å². The lowest BCUT2D eigenvalue weighted by atomic mass is 10.2. The third-order valence-corrected chi connectivity index (χ3v) is 6.02. The second kappa shape index (κ2) is 8.88. The predicted molar refractivity (Wildman–Crippen MR) is 107 cm³/mol. The van der Waals surface area contributed by atoms with E-state index in [-0.39, 0.29) is 5.91 Å². The predicted octanol–water partition coefficient (Wildman–Crippen LogP) is 3.63. The lowest BCUT2D eigenvalue weighted by Gasteiger charge is -2.35. The number of halogens is 1. The number of carbonyl (C=O) groups is 1. The van der Waals surface area contributed by atoms with Crippen molar-refractivity contribution in [1.29, 1.82) is 0 Å². The largest absolute Gasteiger partial charge is 0.497 e. The van der Waals surface area contributed by atoms with E-state index >= 15 is 0 Å². The van der Waals surface area contributed by atoms with Crippen molar-refractivity contribution in [3.8, 4) is 11.5 Å². The Morgan fingerprint density at radius 3 is 2.35 bits per heavy atom. The highest BCUT2D eigenvalue weighted by molar-refractivity contribution is 9.11. The standard InChI is InChI=1S/C19H23BrN2O3S/c1-14(25-16-5-3-15(24-2)4-6-16)19(23)22-11-9-21(10-12-22)13-17-7-8-18(20)26-17/h3-8,14H,9-13H2,1-2H3. The van der Waals surface area contributed by atoms with E-state index in [4.69, 9.17) is 9.47 Å². The molecule has 5 nitrogen and oxygen atoms in total. The Balaban J connectivity index is 1.47. The lowest BCUT2D eigenvalue weighted by Crippen LogP contribution is -2.51. The molecule has 1 amide bonds. The molecule has 0 aliphatic carbocycles. The van der Waals surface area contributed by atoms with Crippen LogP contribution in [0.15, 0.2) is 40.2 Å². The van der Waals surface area contributed by atoms with E-state index in [0.29, 0.717) is 5.75 Å². The van der Waals surface area contributed by atoms with E-state index < -0.39 is 6.10 Å². The molecule has 140 valence electrons. The molecular formula is C19H23BrN2O3S. The van der Waals surface area contributed by atoms with Crippen molar-refractivity contribution in [3.63, 3.8) is 0 Å². The minimum absolute atomic E-state index is 0.0411. The number of methoxy groups -OCH3 is 1. The van der Waals surface area contributed by atoms with E-state index in [1.807, 2.05) is 36.1 Å². The van der Waals surface area contributed by atoms with Gasteiger partial charge >= 0.3 is 0 Å². The fourth-order valence-corrected chi connectivity index (χ4v) is 4.48. The van der Waals surface area contributed by atoms with Crippen LogP contribution in [0.1, 0.15) is 11.8 Å². The lowest BCUT2D eigenvalue weighted by molar-refractivity contribution is -0.139. The number of thiophene rings is 1. The summed E-state index contributed by atoms with van der Waals surface area (Å²) >= 11 is 5.27. The first-order chi connectivity index (χ1) is 12.5. The molecule has 1 atom stereocenters. The van der Waals surface area contributed by atoms with Gasteiger partial charge in [-0.3, -0.25) is 9.69 Å². The summed E-state index contributed by atoms with van der Waals surface area (Å²) in [6, 6.07) is 11.5. The molecular weight excluding hydrogens is 416 g/mol. The van der Waals surface area contributed by atoms with E-state index in [1.165, 1.54) is 4.88 Å². The Morgan fingerprint density at radius 2 is 1.77 bits per heavy atom. The first-order valence-corrected chi connectivity index (χ1v) is 10.2. The number of nitrogens with zero attached hydrogens (tertiary/aromatic N) is 2. The highest BCUT2D eigenvalue weighted by Gasteiger charge is 2.26. The highest BCUT2D eigenvalue weighted by atomic mass is 79.9. The van der Waals surface area contributed by atoms with Crippen molar-refractivity contribution in [2.45, 2.75) is 19.6 Å². The van der Waals surface area contributed by atoms with Crippen molar-refractivity contribution in [3.05, 3.63) is 45.1 Å². The molecule has 2 aromatic rings. The van der Waals surface area contributed by atoms with E-state index in [9.17, 15) is 4.79 Å². The van der Waals surface area contributed by atoms with E-state index in [0.717, 1.165) is 42.3 Å². The van der Waals surface area contributed by atoms with E-state index in [2.05, 4.69) is 33.0 Å². The molecule has 1 saturated heterocycles. The maximum atomic E-state index is 12.6. The molecule has 0 spiro atoms. The summed E-state index contributed by atoms with van der Waals surface area (Å²) in [7, 11) is 1.62. The van der Waals surface area contributed by atoms with Crippen molar-refractivity contribution in [2.75, 3.05) is 33.3 Å². The number of ether oxygens (including phenoxy) is 2. The molecule has 1 aromatic carbocycles. The average molecular weight is 439 g/mol. The summed E-state index contributed by atoms with van der Waals surface area (Å²) in [5, 5.41) is 0. The van der Waals surface area contributed by atoms with Crippen LogP contribution in [-0.2, 0) is 11.3 Å². The Hall–Kier alpha value is -1.57. The first-order valence-electron chi connectivity index (χ1n) is 8.61. The first kappa shape index (κ1) is 19.2. The van der Waals surface area contributed by atoms with Crippen LogP contribution >= 0.6 is 27.3 Å². The molecule has 2 heterocycles. The van der Waals surface area contributed by atoms with Gasteiger partial charge in [-0.2, -0.15) is 0 Å². The van der Waals surface area contributed by atoms with Gasteiger partial charge in [0, 0.05) is 37.6 Å². The molecule has 1 aromatic heterocycles. The average Bonchev–Trinajstić information content (AvgIpc) is 3.07. The van der Waals surface area contributed by atoms with Gasteiger partial charge in [0.2, 0.25) is 0 Å². The maximum Gasteiger partial charge on any atom is 0.263 e. The molecule has 1 aliphatic rings. The van der Waals surface area contributed by atoms with Crippen LogP contribution in [0.4, 0.5) is 0 Å². The molecule has 1 fully saturated rings. The molecule has 1 unspecified atom stereocenters. The normalized spacial score (nSPS) is 16.3. The Labute approximate surface area is 166 Å². The third kappa shape index (κ3) is 4.99. The molecule has 0 N–H and O–H groups in total. The minimum atomic E-state index is -0.497. The van der Waals surface area contributed by atoms with Gasteiger partial charge in [0.05, 0.1) is 10.9 Å². The third-order valence-electron chi connectivity index (χ3n) is 4.41. The number of carbonyl (C=O) groups excluding carboxylic acids is 1. The number of hydrogen-bond acceptors (Lipinski definition) is 5. The van der Waals surface area contributed by atoms with Gasteiger partial charge in [-0.25, -0.2) is 0 Å². The number of amides is 1. The van der Waals surface area contributed by atoms with Crippen molar-refractivity contribution in [1.82, 2.24) is 9.80 Å². The quantitative estimate of drug-likeness (QED) is 0.690. The van der Waals surface area contributed by atoms with Gasteiger partial charge in [0.1, 0.15) is 11.5 Å². The van der Waals surface area contributed by atoms with Crippen LogP contribution < -0.4 is 9.47 Å². The summed E-state index contributed by atoms with van der Waals surface area (Å²) in [5.41, 5.74) is 0. The Kier molecular flexibility index (Phi) is 6.56. The van der Waals surface area contributed by atoms with Crippen LogP contribution in [0.2, 0.25) is 0 Å². The number of piperazine rings is 1. The summed E-state index contributed by atoms with van der Waals surface area (Å²) < 4.78 is 12.1. The summed E-state index contributed by atoms with van der Waals surface area (Å²) in [5.74, 6) is 1.48. The van der Waals surface area contributed by atoms with Gasteiger partial charge in [-0.15, -0.1) is 11.3 Å². The molecule has 26 heavy (non-hydrogen) atoms. The summed E-state index contributed by atoms with van der Waals surface area (Å²) in [6.07, 6.45) is -0.497. The highest BCUT2D eigenvalue weighted by Crippen LogP contribution is 2.24. The Morgan fingerprint density at radius 1 is 1.12 bits per heavy atom. The zero-order valence-corrected chi connectivity index (χ0v) is 17.4. The minimum Gasteiger partial charge on any atom is -0.497 e. The smallest absolute Gasteiger partial charge is 0.263 e. The number of hydrogen-bond donors (Lipinski definition) is 0. The zero-order valence-electron chi connectivity index (χ0n) is 15.0. The zero-order chi connectivity index (χ0) is 18.5. The fourth-order valence-electron chi connectivity index (χ4n) is 2.95. The molecule has 7 heteroatoms. The topological polar surface area (TPSA) is 42.0 Å². The molecule has 1 aliphatic heterocycles. The monoisotopic (exact) mass is 438 g/mol. The fraction of sp³-hybridized carbons (Fsp3) is 0.421. The number of rotatable bonds is 6. The second-order valence-electron chi connectivity index (χ2n) is 6.24. The maximum absolute atomic E-state index is 12.6. The molecule has 0 saturated carbocycles. The van der Waals surface area contributed by atoms with Crippen molar-refractivity contribution < 1.29 is 14.3 Å². The molecule has 0 radical (unpaired) electrons. The number of benzene rings is 1. The van der Waals surface area contributed by atoms with Gasteiger partial charge in [0.15, 0.2) is 6.10 Å². The van der Waals surface area contributed by atoms with E-state index in [1.54, 1.807) is 18.4 Å². The van der Waals surface area contributed by atoms with Crippen LogP contribution in [-0.4, -0.2) is 55.1 Å². The van der Waals surface area contributed by atoms with Crippen LogP contribution in [0.3, 0.4) is 0 Å².